The number of hydrogen-bond donors (Lipinski definition) is 0. The summed E-state index contributed by atoms with van der Waals surface area (Å²) in [5, 5.41) is 0. The molecule has 0 saturated heterocycles. The van der Waals surface area contributed by atoms with Crippen molar-refractivity contribution in [2.45, 2.75) is 39.2 Å². The van der Waals surface area contributed by atoms with Gasteiger partial charge in [0.15, 0.2) is 11.9 Å². The molecule has 0 heterocycles. The molecule has 1 aromatic rings. The molecule has 82 valence electrons. The van der Waals surface area contributed by atoms with Gasteiger partial charge in [-0.05, 0) is 31.9 Å². The topological polar surface area (TPSA) is 26.3 Å². The van der Waals surface area contributed by atoms with Crippen LogP contribution in [0.5, 0.6) is 5.75 Å². The van der Waals surface area contributed by atoms with E-state index in [1.807, 2.05) is 30.3 Å². The molecule has 0 spiro atoms. The minimum Gasteiger partial charge on any atom is -0.483 e. The van der Waals surface area contributed by atoms with E-state index in [0.29, 0.717) is 0 Å². The third-order valence-corrected chi connectivity index (χ3v) is 2.29. The minimum absolute atomic E-state index is 0.104. The molecular weight excluding hydrogens is 188 g/mol. The van der Waals surface area contributed by atoms with Gasteiger partial charge in [-0.1, -0.05) is 31.5 Å². The highest BCUT2D eigenvalue weighted by Gasteiger charge is 2.14. The van der Waals surface area contributed by atoms with Crippen LogP contribution < -0.4 is 4.74 Å². The van der Waals surface area contributed by atoms with Gasteiger partial charge in [-0.25, -0.2) is 0 Å². The Morgan fingerprint density at radius 3 is 2.53 bits per heavy atom. The van der Waals surface area contributed by atoms with Crippen LogP contribution in [0.25, 0.3) is 0 Å². The van der Waals surface area contributed by atoms with Crippen LogP contribution in [-0.2, 0) is 4.79 Å². The number of unbranched alkanes of at least 4 members (excludes halogenated alkanes) is 1. The molecule has 0 fully saturated rings. The molecule has 0 amide bonds. The van der Waals surface area contributed by atoms with Crippen molar-refractivity contribution in [2.75, 3.05) is 0 Å². The first-order valence-electron chi connectivity index (χ1n) is 5.46. The van der Waals surface area contributed by atoms with Gasteiger partial charge in [-0.2, -0.15) is 0 Å². The molecule has 1 unspecified atom stereocenters. The highest BCUT2D eigenvalue weighted by atomic mass is 16.5. The fourth-order valence-corrected chi connectivity index (χ4v) is 1.40. The van der Waals surface area contributed by atoms with Crippen molar-refractivity contribution in [3.05, 3.63) is 30.3 Å². The standard InChI is InChI=1S/C13H18O2/c1-3-4-10-13(11(2)14)15-12-8-6-5-7-9-12/h5-9,13H,3-4,10H2,1-2H3. The summed E-state index contributed by atoms with van der Waals surface area (Å²) in [5.74, 6) is 0.876. The fourth-order valence-electron chi connectivity index (χ4n) is 1.40. The molecule has 1 rings (SSSR count). The largest absolute Gasteiger partial charge is 0.483 e. The quantitative estimate of drug-likeness (QED) is 0.714. The zero-order chi connectivity index (χ0) is 11.1. The number of ether oxygens (including phenoxy) is 1. The molecule has 0 aliphatic rings. The van der Waals surface area contributed by atoms with Crippen LogP contribution in [0, 0.1) is 0 Å². The van der Waals surface area contributed by atoms with Crippen LogP contribution in [0.3, 0.4) is 0 Å². The van der Waals surface area contributed by atoms with Crippen LogP contribution in [-0.4, -0.2) is 11.9 Å². The normalized spacial score (nSPS) is 12.1. The van der Waals surface area contributed by atoms with Crippen molar-refractivity contribution >= 4 is 5.78 Å². The maximum Gasteiger partial charge on any atom is 0.170 e. The van der Waals surface area contributed by atoms with E-state index in [2.05, 4.69) is 6.92 Å². The lowest BCUT2D eigenvalue weighted by atomic mass is 10.1. The highest BCUT2D eigenvalue weighted by Crippen LogP contribution is 2.14. The van der Waals surface area contributed by atoms with Crippen molar-refractivity contribution in [3.63, 3.8) is 0 Å². The Labute approximate surface area is 91.3 Å². The molecule has 0 saturated carbocycles. The number of carbonyl (C=O) groups is 1. The van der Waals surface area contributed by atoms with E-state index in [4.69, 9.17) is 4.74 Å². The van der Waals surface area contributed by atoms with Gasteiger partial charge in [0.05, 0.1) is 0 Å². The lowest BCUT2D eigenvalue weighted by molar-refractivity contribution is -0.123. The summed E-state index contributed by atoms with van der Waals surface area (Å²) >= 11 is 0. The van der Waals surface area contributed by atoms with Crippen molar-refractivity contribution in [1.82, 2.24) is 0 Å². The van der Waals surface area contributed by atoms with Gasteiger partial charge in [0.2, 0.25) is 0 Å². The lowest BCUT2D eigenvalue weighted by Gasteiger charge is -2.15. The van der Waals surface area contributed by atoms with Crippen LogP contribution in [0.4, 0.5) is 0 Å². The second-order valence-corrected chi connectivity index (χ2v) is 3.67. The summed E-state index contributed by atoms with van der Waals surface area (Å²) in [7, 11) is 0. The summed E-state index contributed by atoms with van der Waals surface area (Å²) in [4.78, 5) is 11.3. The van der Waals surface area contributed by atoms with Gasteiger partial charge in [0.25, 0.3) is 0 Å². The maximum absolute atomic E-state index is 11.3. The zero-order valence-corrected chi connectivity index (χ0v) is 9.40. The summed E-state index contributed by atoms with van der Waals surface area (Å²) in [5.41, 5.74) is 0. The highest BCUT2D eigenvalue weighted by molar-refractivity contribution is 5.80. The monoisotopic (exact) mass is 206 g/mol. The zero-order valence-electron chi connectivity index (χ0n) is 9.40. The van der Waals surface area contributed by atoms with E-state index < -0.39 is 0 Å². The van der Waals surface area contributed by atoms with E-state index in [0.717, 1.165) is 25.0 Å². The lowest BCUT2D eigenvalue weighted by Crippen LogP contribution is -2.24. The Hall–Kier alpha value is -1.31. The molecule has 0 bridgehead atoms. The maximum atomic E-state index is 11.3. The Bertz CT molecular complexity index is 293. The van der Waals surface area contributed by atoms with E-state index in [9.17, 15) is 4.79 Å². The van der Waals surface area contributed by atoms with Gasteiger partial charge >= 0.3 is 0 Å². The number of Topliss-reactive ketones (excluding diaryl/α,β-unsaturated/α-hetero) is 1. The first kappa shape index (κ1) is 11.8. The molecule has 2 heteroatoms. The molecule has 0 aliphatic heterocycles. The van der Waals surface area contributed by atoms with E-state index in [1.165, 1.54) is 0 Å². The minimum atomic E-state index is -0.285. The molecule has 15 heavy (non-hydrogen) atoms. The molecule has 1 atom stereocenters. The van der Waals surface area contributed by atoms with Crippen molar-refractivity contribution in [2.24, 2.45) is 0 Å². The van der Waals surface area contributed by atoms with Gasteiger partial charge in [-0.3, -0.25) is 4.79 Å². The predicted molar refractivity (Wildman–Crippen MR) is 61.1 cm³/mol. The molecule has 0 radical (unpaired) electrons. The smallest absolute Gasteiger partial charge is 0.170 e. The summed E-state index contributed by atoms with van der Waals surface area (Å²) in [6.45, 7) is 3.70. The van der Waals surface area contributed by atoms with Gasteiger partial charge in [-0.15, -0.1) is 0 Å². The summed E-state index contributed by atoms with van der Waals surface area (Å²) in [6.07, 6.45) is 2.63. The van der Waals surface area contributed by atoms with E-state index in [-0.39, 0.29) is 11.9 Å². The number of ketones is 1. The Morgan fingerprint density at radius 1 is 1.33 bits per heavy atom. The SMILES string of the molecule is CCCCC(Oc1ccccc1)C(C)=O. The number of benzene rings is 1. The second-order valence-electron chi connectivity index (χ2n) is 3.67. The molecular formula is C13H18O2. The fraction of sp³-hybridized carbons (Fsp3) is 0.462. The van der Waals surface area contributed by atoms with E-state index >= 15 is 0 Å². The van der Waals surface area contributed by atoms with Crippen molar-refractivity contribution in [3.8, 4) is 5.75 Å². The number of para-hydroxylation sites is 1. The number of rotatable bonds is 6. The van der Waals surface area contributed by atoms with Crippen molar-refractivity contribution in [1.29, 1.82) is 0 Å². The predicted octanol–water partition coefficient (Wildman–Crippen LogP) is 3.21. The van der Waals surface area contributed by atoms with Crippen LogP contribution in [0.2, 0.25) is 0 Å². The average molecular weight is 206 g/mol. The van der Waals surface area contributed by atoms with Crippen LogP contribution in [0.1, 0.15) is 33.1 Å². The second kappa shape index (κ2) is 6.23. The number of carbonyl (C=O) groups excluding carboxylic acids is 1. The molecule has 0 aliphatic carbocycles. The Balaban J connectivity index is 2.55. The first-order valence-corrected chi connectivity index (χ1v) is 5.46. The molecule has 0 N–H and O–H groups in total. The van der Waals surface area contributed by atoms with Gasteiger partial charge in [0.1, 0.15) is 5.75 Å². The number of hydrogen-bond acceptors (Lipinski definition) is 2. The Kier molecular flexibility index (Phi) is 4.88. The van der Waals surface area contributed by atoms with Gasteiger partial charge < -0.3 is 4.74 Å². The molecule has 0 aromatic heterocycles. The third-order valence-electron chi connectivity index (χ3n) is 2.29. The first-order chi connectivity index (χ1) is 7.24. The van der Waals surface area contributed by atoms with E-state index in [1.54, 1.807) is 6.92 Å². The van der Waals surface area contributed by atoms with Gasteiger partial charge in [0, 0.05) is 0 Å². The average Bonchev–Trinajstić information content (AvgIpc) is 2.25. The molecule has 2 nitrogen and oxygen atoms in total. The Morgan fingerprint density at radius 2 is 2.00 bits per heavy atom. The van der Waals surface area contributed by atoms with Crippen molar-refractivity contribution < 1.29 is 9.53 Å². The van der Waals surface area contributed by atoms with Crippen LogP contribution >= 0.6 is 0 Å². The summed E-state index contributed by atoms with van der Waals surface area (Å²) in [6, 6.07) is 9.50. The summed E-state index contributed by atoms with van der Waals surface area (Å²) < 4.78 is 5.63. The molecule has 1 aromatic carbocycles. The van der Waals surface area contributed by atoms with Crippen LogP contribution in [0.15, 0.2) is 30.3 Å². The third kappa shape index (κ3) is 4.15.